The van der Waals surface area contributed by atoms with Gasteiger partial charge in [-0.25, -0.2) is 0 Å². The first-order chi connectivity index (χ1) is 14.2. The van der Waals surface area contributed by atoms with Crippen LogP contribution >= 0.6 is 11.3 Å². The van der Waals surface area contributed by atoms with Crippen LogP contribution in [0.2, 0.25) is 0 Å². The molecule has 1 aliphatic rings. The van der Waals surface area contributed by atoms with Crippen molar-refractivity contribution in [2.75, 3.05) is 13.1 Å². The van der Waals surface area contributed by atoms with Gasteiger partial charge in [0.1, 0.15) is 0 Å². The average Bonchev–Trinajstić information content (AvgIpc) is 3.28. The predicted molar refractivity (Wildman–Crippen MR) is 116 cm³/mol. The summed E-state index contributed by atoms with van der Waals surface area (Å²) in [7, 11) is 0. The number of amides is 1. The Bertz CT molecular complexity index is 929. The lowest BCUT2D eigenvalue weighted by Crippen LogP contribution is -2.43. The minimum atomic E-state index is -0.0981. The molecule has 6 heteroatoms. The Hall–Kier alpha value is -2.57. The number of carbonyl (C=O) groups excluding carboxylic acids is 1. The van der Waals surface area contributed by atoms with Gasteiger partial charge in [-0.3, -0.25) is 19.7 Å². The van der Waals surface area contributed by atoms with Gasteiger partial charge in [-0.1, -0.05) is 18.2 Å². The first-order valence-corrected chi connectivity index (χ1v) is 11.0. The van der Waals surface area contributed by atoms with Gasteiger partial charge in [-0.2, -0.15) is 0 Å². The molecule has 0 unspecified atom stereocenters. The Labute approximate surface area is 175 Å². The van der Waals surface area contributed by atoms with E-state index in [0.29, 0.717) is 5.92 Å². The molecule has 1 saturated heterocycles. The maximum atomic E-state index is 12.8. The van der Waals surface area contributed by atoms with Crippen molar-refractivity contribution < 1.29 is 4.79 Å². The van der Waals surface area contributed by atoms with Crippen molar-refractivity contribution in [1.29, 1.82) is 0 Å². The second-order valence-electron chi connectivity index (χ2n) is 7.59. The van der Waals surface area contributed by atoms with Crippen molar-refractivity contribution in [3.63, 3.8) is 0 Å². The van der Waals surface area contributed by atoms with E-state index in [0.717, 1.165) is 54.4 Å². The molecular formula is C23H26N4OS. The Morgan fingerprint density at radius 3 is 2.93 bits per heavy atom. The molecule has 2 atom stereocenters. The highest BCUT2D eigenvalue weighted by Gasteiger charge is 2.31. The van der Waals surface area contributed by atoms with E-state index >= 15 is 0 Å². The molecule has 1 aliphatic heterocycles. The Morgan fingerprint density at radius 1 is 1.24 bits per heavy atom. The number of thiophene rings is 1. The first-order valence-electron chi connectivity index (χ1n) is 10.1. The second-order valence-corrected chi connectivity index (χ2v) is 8.54. The number of likely N-dealkylation sites (tertiary alicyclic amines) is 1. The summed E-state index contributed by atoms with van der Waals surface area (Å²) < 4.78 is 0. The number of hydrogen-bond acceptors (Lipinski definition) is 5. The minimum Gasteiger partial charge on any atom is -0.343 e. The Balaban J connectivity index is 1.51. The molecule has 0 aliphatic carbocycles. The zero-order chi connectivity index (χ0) is 20.1. The highest BCUT2D eigenvalue weighted by atomic mass is 32.1. The molecule has 0 saturated carbocycles. The largest absolute Gasteiger partial charge is 0.343 e. The van der Waals surface area contributed by atoms with Crippen LogP contribution in [-0.2, 0) is 6.54 Å². The lowest BCUT2D eigenvalue weighted by atomic mass is 9.88. The molecule has 0 bridgehead atoms. The SMILES string of the molecule is Cc1cccc(CN2CCC[C@H]([C@@H](NC(=O)c3cccs3)c3ccccn3)C2)n1. The maximum absolute atomic E-state index is 12.8. The number of aromatic nitrogens is 2. The maximum Gasteiger partial charge on any atom is 0.261 e. The number of aryl methyl sites for hydroxylation is 1. The highest BCUT2D eigenvalue weighted by Crippen LogP contribution is 2.30. The van der Waals surface area contributed by atoms with Crippen molar-refractivity contribution in [2.45, 2.75) is 32.4 Å². The van der Waals surface area contributed by atoms with Gasteiger partial charge in [0.25, 0.3) is 5.91 Å². The molecular weight excluding hydrogens is 380 g/mol. The Kier molecular flexibility index (Phi) is 6.32. The third-order valence-electron chi connectivity index (χ3n) is 5.38. The van der Waals surface area contributed by atoms with Crippen LogP contribution in [0.1, 0.15) is 45.6 Å². The number of nitrogens with zero attached hydrogens (tertiary/aromatic N) is 3. The molecule has 1 amide bonds. The summed E-state index contributed by atoms with van der Waals surface area (Å²) in [6.45, 7) is 4.84. The lowest BCUT2D eigenvalue weighted by Gasteiger charge is -2.37. The standard InChI is InChI=1S/C23H26N4OS/c1-17-7-4-9-19(25-17)16-27-13-5-8-18(15-27)22(20-10-2-3-12-24-20)26-23(28)21-11-6-14-29-21/h2-4,6-7,9-12,14,18,22H,5,8,13,15-16H2,1H3,(H,26,28)/t18-,22+/m0/s1. The summed E-state index contributed by atoms with van der Waals surface area (Å²) >= 11 is 1.47. The van der Waals surface area contributed by atoms with Gasteiger partial charge < -0.3 is 5.32 Å². The van der Waals surface area contributed by atoms with E-state index in [-0.39, 0.29) is 11.9 Å². The van der Waals surface area contributed by atoms with Crippen molar-refractivity contribution in [3.8, 4) is 0 Å². The van der Waals surface area contributed by atoms with Crippen molar-refractivity contribution in [1.82, 2.24) is 20.2 Å². The van der Waals surface area contributed by atoms with Crippen molar-refractivity contribution in [2.24, 2.45) is 5.92 Å². The van der Waals surface area contributed by atoms with Crippen LogP contribution in [0.3, 0.4) is 0 Å². The molecule has 29 heavy (non-hydrogen) atoms. The zero-order valence-corrected chi connectivity index (χ0v) is 17.4. The fourth-order valence-electron chi connectivity index (χ4n) is 4.04. The molecule has 4 heterocycles. The summed E-state index contributed by atoms with van der Waals surface area (Å²) in [5.74, 6) is 0.292. The van der Waals surface area contributed by atoms with Gasteiger partial charge in [-0.15, -0.1) is 11.3 Å². The van der Waals surface area contributed by atoms with E-state index in [1.54, 1.807) is 6.20 Å². The summed E-state index contributed by atoms with van der Waals surface area (Å²) in [6, 6.07) is 15.8. The monoisotopic (exact) mass is 406 g/mol. The quantitative estimate of drug-likeness (QED) is 0.666. The fraction of sp³-hybridized carbons (Fsp3) is 0.348. The van der Waals surface area contributed by atoms with E-state index in [1.807, 2.05) is 48.7 Å². The van der Waals surface area contributed by atoms with Crippen LogP contribution in [0.4, 0.5) is 0 Å². The van der Waals surface area contributed by atoms with Gasteiger partial charge in [0, 0.05) is 25.0 Å². The second kappa shape index (κ2) is 9.29. The molecule has 4 rings (SSSR count). The van der Waals surface area contributed by atoms with E-state index in [4.69, 9.17) is 0 Å². The third-order valence-corrected chi connectivity index (χ3v) is 6.25. The van der Waals surface area contributed by atoms with Crippen LogP contribution in [0, 0.1) is 12.8 Å². The van der Waals surface area contributed by atoms with Crippen LogP contribution < -0.4 is 5.32 Å². The molecule has 3 aromatic rings. The summed E-state index contributed by atoms with van der Waals surface area (Å²) in [4.78, 5) is 25.2. The van der Waals surface area contributed by atoms with Gasteiger partial charge >= 0.3 is 0 Å². The normalized spacial score (nSPS) is 18.3. The number of piperidine rings is 1. The van der Waals surface area contributed by atoms with Crippen LogP contribution in [-0.4, -0.2) is 33.9 Å². The van der Waals surface area contributed by atoms with Crippen LogP contribution in [0.5, 0.6) is 0 Å². The third kappa shape index (κ3) is 5.08. The minimum absolute atomic E-state index is 0.0203. The number of rotatable bonds is 6. The molecule has 1 N–H and O–H groups in total. The van der Waals surface area contributed by atoms with Gasteiger partial charge in [-0.05, 0) is 67.9 Å². The topological polar surface area (TPSA) is 58.1 Å². The zero-order valence-electron chi connectivity index (χ0n) is 16.6. The van der Waals surface area contributed by atoms with Gasteiger partial charge in [0.15, 0.2) is 0 Å². The summed E-state index contributed by atoms with van der Waals surface area (Å²) in [6.07, 6.45) is 3.98. The van der Waals surface area contributed by atoms with E-state index in [1.165, 1.54) is 11.3 Å². The van der Waals surface area contributed by atoms with Crippen LogP contribution in [0.25, 0.3) is 0 Å². The fourth-order valence-corrected chi connectivity index (χ4v) is 4.66. The highest BCUT2D eigenvalue weighted by molar-refractivity contribution is 7.12. The molecule has 0 spiro atoms. The Morgan fingerprint density at radius 2 is 2.17 bits per heavy atom. The number of carbonyl (C=O) groups is 1. The molecule has 3 aromatic heterocycles. The van der Waals surface area contributed by atoms with E-state index < -0.39 is 0 Å². The number of pyridine rings is 2. The number of nitrogens with one attached hydrogen (secondary N) is 1. The number of hydrogen-bond donors (Lipinski definition) is 1. The molecule has 0 aromatic carbocycles. The van der Waals surface area contributed by atoms with E-state index in [2.05, 4.69) is 32.3 Å². The average molecular weight is 407 g/mol. The molecule has 150 valence electrons. The van der Waals surface area contributed by atoms with Gasteiger partial charge in [0.05, 0.1) is 22.3 Å². The molecule has 1 fully saturated rings. The van der Waals surface area contributed by atoms with Crippen molar-refractivity contribution >= 4 is 17.2 Å². The van der Waals surface area contributed by atoms with Gasteiger partial charge in [0.2, 0.25) is 0 Å². The molecule has 5 nitrogen and oxygen atoms in total. The summed E-state index contributed by atoms with van der Waals surface area (Å²) in [5.41, 5.74) is 3.08. The smallest absolute Gasteiger partial charge is 0.261 e. The van der Waals surface area contributed by atoms with E-state index in [9.17, 15) is 4.79 Å². The summed E-state index contributed by atoms with van der Waals surface area (Å²) in [5, 5.41) is 5.20. The van der Waals surface area contributed by atoms with Crippen LogP contribution in [0.15, 0.2) is 60.1 Å². The lowest BCUT2D eigenvalue weighted by molar-refractivity contribution is 0.0878. The molecule has 0 radical (unpaired) electrons. The predicted octanol–water partition coefficient (Wildman–Crippen LogP) is 4.23. The van der Waals surface area contributed by atoms with Crippen molar-refractivity contribution in [3.05, 3.63) is 82.1 Å². The first kappa shape index (κ1) is 19.7.